The van der Waals surface area contributed by atoms with Crippen LogP contribution in [-0.4, -0.2) is 47.9 Å². The van der Waals surface area contributed by atoms with E-state index in [0.717, 1.165) is 11.1 Å². The van der Waals surface area contributed by atoms with Crippen molar-refractivity contribution in [2.75, 3.05) is 0 Å². The number of halogens is 2. The summed E-state index contributed by atoms with van der Waals surface area (Å²) in [7, 11) is -5.84. The van der Waals surface area contributed by atoms with Gasteiger partial charge in [-0.1, -0.05) is 62.1 Å². The van der Waals surface area contributed by atoms with Crippen molar-refractivity contribution in [3.8, 4) is 0 Å². The normalized spacial score (nSPS) is 16.1. The van der Waals surface area contributed by atoms with Gasteiger partial charge in [0.2, 0.25) is 0 Å². The van der Waals surface area contributed by atoms with Gasteiger partial charge in [0.05, 0.1) is 11.1 Å². The Kier molecular flexibility index (Phi) is 15.0. The third-order valence-corrected chi connectivity index (χ3v) is 9.90. The van der Waals surface area contributed by atoms with E-state index in [9.17, 15) is 31.3 Å². The number of hydrogen-bond acceptors (Lipinski definition) is 9. The Morgan fingerprint density at radius 2 is 1.15 bits per heavy atom. The maximum Gasteiger partial charge on any atom is 0.409 e. The fourth-order valence-electron chi connectivity index (χ4n) is 3.72. The third kappa shape index (κ3) is 12.7. The molecule has 2 aliphatic rings. The molecule has 2 aliphatic carbocycles. The summed E-state index contributed by atoms with van der Waals surface area (Å²) in [6, 6.07) is 19.6. The SMILES string of the molecule is O=S(=O)([O-])C(F)(F)SOO[O-].[OH+]=C(SC1CCCC1)c1ccccc1.[OH+]=C(SC1CCCC1)c1ccccc1. The first-order valence-electron chi connectivity index (χ1n) is 12.1. The molecule has 2 aromatic carbocycles. The lowest BCUT2D eigenvalue weighted by Gasteiger charge is -2.17. The van der Waals surface area contributed by atoms with Crippen molar-refractivity contribution in [2.45, 2.75) is 66.5 Å². The number of benzene rings is 2. The second kappa shape index (κ2) is 17.3. The van der Waals surface area contributed by atoms with E-state index in [1.54, 1.807) is 23.5 Å². The van der Waals surface area contributed by atoms with Gasteiger partial charge in [0.15, 0.2) is 10.1 Å². The van der Waals surface area contributed by atoms with E-state index in [0.29, 0.717) is 20.7 Å². The monoisotopic (exact) mass is 624 g/mol. The molecule has 39 heavy (non-hydrogen) atoms. The molecule has 0 spiro atoms. The highest BCUT2D eigenvalue weighted by Gasteiger charge is 2.40. The molecule has 0 radical (unpaired) electrons. The van der Waals surface area contributed by atoms with Crippen LogP contribution in [0, 0.1) is 0 Å². The summed E-state index contributed by atoms with van der Waals surface area (Å²) in [5.74, 6) is 0. The van der Waals surface area contributed by atoms with Gasteiger partial charge < -0.3 is 9.81 Å². The van der Waals surface area contributed by atoms with Gasteiger partial charge in [-0.15, -0.1) is 0 Å². The second-order valence-corrected chi connectivity index (χ2v) is 13.6. The molecule has 2 N–H and O–H groups in total. The zero-order valence-electron chi connectivity index (χ0n) is 20.8. The lowest BCUT2D eigenvalue weighted by atomic mass is 10.2. The van der Waals surface area contributed by atoms with Gasteiger partial charge in [0, 0.05) is 10.5 Å². The van der Waals surface area contributed by atoms with E-state index >= 15 is 0 Å². The maximum absolute atomic E-state index is 11.8. The number of alkyl halides is 2. The van der Waals surface area contributed by atoms with E-state index in [4.69, 9.17) is 5.26 Å². The predicted octanol–water partition coefficient (Wildman–Crippen LogP) is 5.38. The first-order chi connectivity index (χ1) is 18.5. The number of hydrogen-bond donors (Lipinski definition) is 0. The molecule has 0 unspecified atom stereocenters. The Morgan fingerprint density at radius 1 is 0.795 bits per heavy atom. The van der Waals surface area contributed by atoms with E-state index in [2.05, 4.69) is 9.37 Å². The third-order valence-electron chi connectivity index (χ3n) is 5.65. The molecule has 2 aromatic rings. The molecule has 8 nitrogen and oxygen atoms in total. The number of rotatable bonds is 8. The lowest BCUT2D eigenvalue weighted by molar-refractivity contribution is -0.777. The van der Waals surface area contributed by atoms with Crippen molar-refractivity contribution in [2.24, 2.45) is 0 Å². The Balaban J connectivity index is 0.000000208. The van der Waals surface area contributed by atoms with Crippen molar-refractivity contribution < 1.29 is 46.0 Å². The van der Waals surface area contributed by atoms with Crippen LogP contribution in [0.2, 0.25) is 0 Å². The van der Waals surface area contributed by atoms with E-state index in [1.165, 1.54) is 51.4 Å². The maximum atomic E-state index is 11.8. The Hall–Kier alpha value is -1.52. The summed E-state index contributed by atoms with van der Waals surface area (Å²) in [6.45, 7) is 0. The van der Waals surface area contributed by atoms with Crippen LogP contribution in [-0.2, 0) is 19.5 Å². The standard InChI is InChI=1S/2C12H14OS.CH2F2O6S2/c2*13-12(10-6-2-1-3-7-10)14-11-8-4-5-9-11;2-1(3,10-9-8-4)11(5,6)7/h2*1-3,6-7,11H,4-5,8-9H2;4H,(H,5,6,7). The minimum atomic E-state index is -5.84. The molecule has 14 heteroatoms. The Bertz CT molecular complexity index is 1040. The van der Waals surface area contributed by atoms with Crippen molar-refractivity contribution in [1.29, 1.82) is 0 Å². The van der Waals surface area contributed by atoms with E-state index in [-0.39, 0.29) is 0 Å². The lowest BCUT2D eigenvalue weighted by Crippen LogP contribution is -2.25. The fourth-order valence-corrected chi connectivity index (χ4v) is 6.56. The fraction of sp³-hybridized carbons (Fsp3) is 0.440. The van der Waals surface area contributed by atoms with Crippen molar-refractivity contribution in [3.63, 3.8) is 0 Å². The molecular formula is C25H30F2O8S4. The zero-order chi connectivity index (χ0) is 28.7. The minimum absolute atomic E-state index is 0.484. The van der Waals surface area contributed by atoms with E-state index < -0.39 is 26.7 Å². The summed E-state index contributed by atoms with van der Waals surface area (Å²) in [6.07, 6.45) is 10.3. The molecule has 4 rings (SSSR count). The summed E-state index contributed by atoms with van der Waals surface area (Å²) in [5, 5.41) is 13.6. The molecule has 0 heterocycles. The highest BCUT2D eigenvalue weighted by molar-refractivity contribution is 8.15. The van der Waals surface area contributed by atoms with Crippen LogP contribution < -0.4 is 5.26 Å². The van der Waals surface area contributed by atoms with Gasteiger partial charge in [-0.2, -0.15) is 13.1 Å². The average molecular weight is 625 g/mol. The van der Waals surface area contributed by atoms with Crippen LogP contribution >= 0.6 is 35.6 Å². The van der Waals surface area contributed by atoms with Gasteiger partial charge in [0.25, 0.3) is 0 Å². The van der Waals surface area contributed by atoms with Gasteiger partial charge in [-0.3, -0.25) is 14.6 Å². The van der Waals surface area contributed by atoms with Crippen LogP contribution in [0.25, 0.3) is 0 Å². The molecule has 2 saturated carbocycles. The van der Waals surface area contributed by atoms with Gasteiger partial charge in [-0.25, -0.2) is 8.42 Å². The smallest absolute Gasteiger partial charge is 0.409 e. The van der Waals surface area contributed by atoms with Crippen LogP contribution in [0.15, 0.2) is 60.7 Å². The molecule has 0 bridgehead atoms. The molecule has 0 aromatic heterocycles. The highest BCUT2D eigenvalue weighted by atomic mass is 32.3. The van der Waals surface area contributed by atoms with Crippen LogP contribution in [0.5, 0.6) is 0 Å². The highest BCUT2D eigenvalue weighted by Crippen LogP contribution is 2.34. The van der Waals surface area contributed by atoms with Crippen molar-refractivity contribution in [3.05, 3.63) is 71.8 Å². The van der Waals surface area contributed by atoms with Gasteiger partial charge in [-0.05, 0) is 73.5 Å². The first kappa shape index (κ1) is 33.7. The summed E-state index contributed by atoms with van der Waals surface area (Å²) in [4.78, 5) is 19.7. The molecule has 0 aliphatic heterocycles. The van der Waals surface area contributed by atoms with Gasteiger partial charge >= 0.3 is 14.8 Å². The van der Waals surface area contributed by atoms with Crippen LogP contribution in [0.4, 0.5) is 8.78 Å². The van der Waals surface area contributed by atoms with Gasteiger partial charge in [0.1, 0.15) is 12.0 Å². The summed E-state index contributed by atoms with van der Waals surface area (Å²) >= 11 is 2.08. The Labute approximate surface area is 239 Å². The average Bonchev–Trinajstić information content (AvgIpc) is 3.63. The van der Waals surface area contributed by atoms with Crippen molar-refractivity contribution in [1.82, 2.24) is 0 Å². The molecule has 216 valence electrons. The summed E-state index contributed by atoms with van der Waals surface area (Å²) in [5.41, 5.74) is 1.90. The van der Waals surface area contributed by atoms with E-state index in [1.807, 2.05) is 60.7 Å². The largest absolute Gasteiger partial charge is 0.743 e. The second-order valence-electron chi connectivity index (χ2n) is 8.53. The zero-order valence-corrected chi connectivity index (χ0v) is 24.1. The summed E-state index contributed by atoms with van der Waals surface area (Å²) < 4.78 is 50.7. The molecule has 0 amide bonds. The molecule has 2 fully saturated rings. The predicted molar refractivity (Wildman–Crippen MR) is 149 cm³/mol. The molecule has 0 saturated heterocycles. The molecular weight excluding hydrogens is 595 g/mol. The Morgan fingerprint density at radius 3 is 1.46 bits per heavy atom. The molecule has 0 atom stereocenters. The minimum Gasteiger partial charge on any atom is -0.743 e. The van der Waals surface area contributed by atoms with Crippen LogP contribution in [0.1, 0.15) is 62.5 Å². The van der Waals surface area contributed by atoms with Crippen LogP contribution in [0.3, 0.4) is 0 Å². The quantitative estimate of drug-likeness (QED) is 0.124. The first-order valence-corrected chi connectivity index (χ1v) is 16.0. The van der Waals surface area contributed by atoms with Crippen molar-refractivity contribution >= 4 is 55.9 Å². The number of thioether (sulfide) groups is 2. The number of carbonyl (C=O) groups excluding carboxylic acids is 2. The topological polar surface area (TPSA) is 142 Å².